The molecule has 12 heteroatoms. The number of methoxy groups -OCH3 is 1. The zero-order chi connectivity index (χ0) is 28.8. The van der Waals surface area contributed by atoms with Crippen LogP contribution in [0.3, 0.4) is 0 Å². The highest BCUT2D eigenvalue weighted by molar-refractivity contribution is 9.10. The largest absolute Gasteiger partial charge is 0.508 e. The predicted octanol–water partition coefficient (Wildman–Crippen LogP) is 4.82. The van der Waals surface area contributed by atoms with Crippen molar-refractivity contribution < 1.29 is 24.2 Å². The Morgan fingerprint density at radius 1 is 0.976 bits per heavy atom. The average molecular weight is 653 g/mol. The van der Waals surface area contributed by atoms with Crippen molar-refractivity contribution in [3.63, 3.8) is 0 Å². The van der Waals surface area contributed by atoms with E-state index in [0.717, 1.165) is 33.1 Å². The van der Waals surface area contributed by atoms with Gasteiger partial charge in [0.05, 0.1) is 23.7 Å². The van der Waals surface area contributed by atoms with Gasteiger partial charge in [-0.3, -0.25) is 23.7 Å². The number of phenolic OH excluding ortho intramolecular Hbond substituents is 1. The van der Waals surface area contributed by atoms with Gasteiger partial charge in [0.25, 0.3) is 0 Å². The standard InChI is InChI=1S/C29H22BrN3O6S2/c1-39-20-12-8-18(9-13-20)33-26(36)23-22(15-2-4-16(30)5-3-15)25-28(40-24(23)27(33)37)32(29(38)41-25)14-21(35)31-17-6-10-19(34)11-7-17/h2-13,22-24,34H,14H2,1H3,(H,31,35). The molecule has 2 aliphatic rings. The lowest BCUT2D eigenvalue weighted by Crippen LogP contribution is -2.33. The maximum Gasteiger partial charge on any atom is 0.308 e. The molecule has 1 saturated heterocycles. The molecule has 1 fully saturated rings. The number of nitrogens with one attached hydrogen (secondary N) is 1. The van der Waals surface area contributed by atoms with Crippen LogP contribution < -0.4 is 19.8 Å². The van der Waals surface area contributed by atoms with Crippen molar-refractivity contribution in [1.29, 1.82) is 0 Å². The summed E-state index contributed by atoms with van der Waals surface area (Å²) < 4.78 is 7.45. The Hall–Kier alpha value is -3.87. The number of aromatic nitrogens is 1. The van der Waals surface area contributed by atoms with Crippen LogP contribution in [-0.4, -0.2) is 39.8 Å². The number of halogens is 1. The first-order valence-corrected chi connectivity index (χ1v) is 15.0. The van der Waals surface area contributed by atoms with Gasteiger partial charge in [0.2, 0.25) is 17.7 Å². The lowest BCUT2D eigenvalue weighted by molar-refractivity contribution is -0.122. The summed E-state index contributed by atoms with van der Waals surface area (Å²) >= 11 is 5.60. The smallest absolute Gasteiger partial charge is 0.308 e. The Balaban J connectivity index is 1.39. The number of hydrogen-bond donors (Lipinski definition) is 2. The Kier molecular flexibility index (Phi) is 7.22. The minimum Gasteiger partial charge on any atom is -0.508 e. The highest BCUT2D eigenvalue weighted by atomic mass is 79.9. The molecule has 0 bridgehead atoms. The fourth-order valence-corrected chi connectivity index (χ4v) is 8.20. The third kappa shape index (κ3) is 4.96. The van der Waals surface area contributed by atoms with Gasteiger partial charge in [-0.2, -0.15) is 0 Å². The molecule has 3 unspecified atom stereocenters. The van der Waals surface area contributed by atoms with Crippen molar-refractivity contribution in [3.8, 4) is 11.5 Å². The lowest BCUT2D eigenvalue weighted by atomic mass is 9.83. The van der Waals surface area contributed by atoms with Gasteiger partial charge in [-0.15, -0.1) is 0 Å². The number of imide groups is 1. The molecule has 2 N–H and O–H groups in total. The Labute approximate surface area is 250 Å². The van der Waals surface area contributed by atoms with E-state index in [1.165, 1.54) is 28.7 Å². The molecular weight excluding hydrogens is 630 g/mol. The Morgan fingerprint density at radius 3 is 2.32 bits per heavy atom. The second kappa shape index (κ2) is 10.8. The van der Waals surface area contributed by atoms with Gasteiger partial charge in [-0.05, 0) is 66.2 Å². The van der Waals surface area contributed by atoms with Crippen LogP contribution >= 0.6 is 39.0 Å². The summed E-state index contributed by atoms with van der Waals surface area (Å²) in [6.45, 7) is -0.271. The molecule has 3 aromatic carbocycles. The van der Waals surface area contributed by atoms with Gasteiger partial charge in [-0.1, -0.05) is 51.2 Å². The molecule has 3 heterocycles. The minimum absolute atomic E-state index is 0.0653. The summed E-state index contributed by atoms with van der Waals surface area (Å²) in [6.07, 6.45) is 0. The van der Waals surface area contributed by atoms with Crippen LogP contribution in [0.25, 0.3) is 0 Å². The SMILES string of the molecule is COc1ccc(N2C(=O)C3Sc4c(sc(=O)n4CC(=O)Nc4ccc(O)cc4)C(c4ccc(Br)cc4)C3C2=O)cc1. The number of anilines is 2. The number of fused-ring (bicyclic) bond motifs is 2. The third-order valence-corrected chi connectivity index (χ3v) is 10.2. The van der Waals surface area contributed by atoms with E-state index in [0.29, 0.717) is 27.0 Å². The maximum atomic E-state index is 14.0. The van der Waals surface area contributed by atoms with Gasteiger partial charge >= 0.3 is 4.87 Å². The fourth-order valence-electron chi connectivity index (χ4n) is 5.16. The van der Waals surface area contributed by atoms with E-state index in [4.69, 9.17) is 4.74 Å². The number of hydrogen-bond acceptors (Lipinski definition) is 8. The molecule has 9 nitrogen and oxygen atoms in total. The molecular formula is C29H22BrN3O6S2. The quantitative estimate of drug-likeness (QED) is 0.227. The Morgan fingerprint density at radius 2 is 1.66 bits per heavy atom. The summed E-state index contributed by atoms with van der Waals surface area (Å²) in [5.74, 6) is -1.77. The van der Waals surface area contributed by atoms with Crippen molar-refractivity contribution in [2.24, 2.45) is 5.92 Å². The van der Waals surface area contributed by atoms with Crippen molar-refractivity contribution in [1.82, 2.24) is 4.57 Å². The maximum absolute atomic E-state index is 14.0. The fraction of sp³-hybridized carbons (Fsp3) is 0.172. The zero-order valence-corrected chi connectivity index (χ0v) is 24.7. The third-order valence-electron chi connectivity index (χ3n) is 7.06. The molecule has 208 valence electrons. The zero-order valence-electron chi connectivity index (χ0n) is 21.4. The summed E-state index contributed by atoms with van der Waals surface area (Å²) in [5, 5.41) is 12.0. The molecule has 0 aliphatic carbocycles. The second-order valence-corrected chi connectivity index (χ2v) is 12.6. The molecule has 3 atom stereocenters. The van der Waals surface area contributed by atoms with Gasteiger partial charge < -0.3 is 15.2 Å². The van der Waals surface area contributed by atoms with E-state index in [1.807, 2.05) is 24.3 Å². The number of rotatable bonds is 6. The molecule has 3 amide bonds. The van der Waals surface area contributed by atoms with Crippen LogP contribution in [0.15, 0.2) is 87.1 Å². The van der Waals surface area contributed by atoms with Crippen LogP contribution in [0, 0.1) is 5.92 Å². The number of carbonyl (C=O) groups is 3. The molecule has 4 aromatic rings. The first-order chi connectivity index (χ1) is 19.7. The normalized spacial score (nSPS) is 19.6. The van der Waals surface area contributed by atoms with E-state index in [9.17, 15) is 24.3 Å². The van der Waals surface area contributed by atoms with E-state index in [2.05, 4.69) is 21.2 Å². The van der Waals surface area contributed by atoms with Crippen molar-refractivity contribution in [2.45, 2.75) is 22.7 Å². The van der Waals surface area contributed by atoms with Crippen LogP contribution in [0.5, 0.6) is 11.5 Å². The number of thioether (sulfide) groups is 1. The van der Waals surface area contributed by atoms with Gasteiger partial charge in [-0.25, -0.2) is 4.90 Å². The number of amides is 3. The summed E-state index contributed by atoms with van der Waals surface area (Å²) in [5.41, 5.74) is 1.71. The monoisotopic (exact) mass is 651 g/mol. The molecule has 0 saturated carbocycles. The molecule has 1 aromatic heterocycles. The summed E-state index contributed by atoms with van der Waals surface area (Å²) in [7, 11) is 1.54. The lowest BCUT2D eigenvalue weighted by Gasteiger charge is -2.30. The number of aromatic hydroxyl groups is 1. The van der Waals surface area contributed by atoms with Crippen LogP contribution in [0.2, 0.25) is 0 Å². The second-order valence-electron chi connectivity index (χ2n) is 9.52. The van der Waals surface area contributed by atoms with E-state index < -0.39 is 23.0 Å². The van der Waals surface area contributed by atoms with Crippen LogP contribution in [0.1, 0.15) is 16.4 Å². The average Bonchev–Trinajstić information content (AvgIpc) is 3.41. The first-order valence-electron chi connectivity index (χ1n) is 12.5. The van der Waals surface area contributed by atoms with Gasteiger partial charge in [0.15, 0.2) is 0 Å². The van der Waals surface area contributed by atoms with Gasteiger partial charge in [0, 0.05) is 21.0 Å². The molecule has 0 spiro atoms. The number of benzene rings is 3. The summed E-state index contributed by atoms with van der Waals surface area (Å²) in [6, 6.07) is 20.2. The summed E-state index contributed by atoms with van der Waals surface area (Å²) in [4.78, 5) is 55.5. The highest BCUT2D eigenvalue weighted by Gasteiger charge is 2.56. The van der Waals surface area contributed by atoms with Crippen LogP contribution in [-0.2, 0) is 20.9 Å². The Bertz CT molecular complexity index is 1720. The molecule has 2 aliphatic heterocycles. The minimum atomic E-state index is -0.786. The number of phenols is 1. The van der Waals surface area contributed by atoms with Crippen molar-refractivity contribution in [2.75, 3.05) is 17.3 Å². The molecule has 6 rings (SSSR count). The highest BCUT2D eigenvalue weighted by Crippen LogP contribution is 2.54. The van der Waals surface area contributed by atoms with Crippen molar-refractivity contribution in [3.05, 3.63) is 97.4 Å². The van der Waals surface area contributed by atoms with Crippen LogP contribution in [0.4, 0.5) is 11.4 Å². The number of carbonyl (C=O) groups excluding carboxylic acids is 3. The number of ether oxygens (including phenoxy) is 1. The van der Waals surface area contributed by atoms with Crippen molar-refractivity contribution >= 4 is 68.1 Å². The van der Waals surface area contributed by atoms with Gasteiger partial charge in [0.1, 0.15) is 23.3 Å². The first kappa shape index (κ1) is 27.3. The molecule has 41 heavy (non-hydrogen) atoms. The number of nitrogens with zero attached hydrogens (tertiary/aromatic N) is 2. The molecule has 0 radical (unpaired) electrons. The van der Waals surface area contributed by atoms with E-state index in [1.54, 1.807) is 36.4 Å². The van der Waals surface area contributed by atoms with E-state index in [-0.39, 0.29) is 29.0 Å². The van der Waals surface area contributed by atoms with E-state index >= 15 is 0 Å². The predicted molar refractivity (Wildman–Crippen MR) is 160 cm³/mol. The number of thiazole rings is 1. The topological polar surface area (TPSA) is 118 Å².